The molecule has 0 spiro atoms. The molecule has 200 valence electrons. The molecule has 0 radical (unpaired) electrons. The molecule has 0 unspecified atom stereocenters. The van der Waals surface area contributed by atoms with Crippen LogP contribution in [-0.2, 0) is 6.54 Å². The van der Waals surface area contributed by atoms with E-state index in [1.165, 1.54) is 47.8 Å². The standard InChI is InChI=1S/C31H43N3O2S/c1-21-26(29(35)32-20-31(5,6)36)18-27(34(21)19-22-12-8-7-9-13-22)24-16-17-28(37-33-30(2,3)4)25-15-11-10-14-23(24)25/h10-11,14-18,22,33,36H,7-9,12-13,19-20H2,1-6H3,(H,32,35). The average molecular weight is 522 g/mol. The number of fused-ring (bicyclic) bond motifs is 1. The number of rotatable bonds is 8. The molecule has 4 rings (SSSR count). The van der Waals surface area contributed by atoms with Gasteiger partial charge in [0.05, 0.1) is 11.2 Å². The van der Waals surface area contributed by atoms with Gasteiger partial charge in [-0.05, 0) is 95.2 Å². The minimum Gasteiger partial charge on any atom is -0.389 e. The number of carbonyl (C=O) groups excluding carboxylic acids is 1. The second-order valence-electron chi connectivity index (χ2n) is 12.2. The molecule has 1 aliphatic carbocycles. The van der Waals surface area contributed by atoms with Crippen LogP contribution in [0.15, 0.2) is 47.4 Å². The molecule has 1 amide bonds. The second-order valence-corrected chi connectivity index (χ2v) is 13.1. The van der Waals surface area contributed by atoms with Crippen molar-refractivity contribution in [1.29, 1.82) is 0 Å². The number of nitrogens with one attached hydrogen (secondary N) is 2. The van der Waals surface area contributed by atoms with Crippen molar-refractivity contribution >= 4 is 28.6 Å². The minimum atomic E-state index is -0.956. The molecule has 2 aromatic carbocycles. The SMILES string of the molecule is Cc1c(C(=O)NCC(C)(C)O)cc(-c2ccc(SNC(C)(C)C)c3ccccc23)n1CC1CCCCC1. The van der Waals surface area contributed by atoms with Crippen molar-refractivity contribution < 1.29 is 9.90 Å². The van der Waals surface area contributed by atoms with Crippen LogP contribution in [0.3, 0.4) is 0 Å². The molecule has 0 atom stereocenters. The zero-order valence-corrected chi connectivity index (χ0v) is 24.1. The number of benzene rings is 2. The van der Waals surface area contributed by atoms with Gasteiger partial charge in [0.15, 0.2) is 0 Å². The maximum absolute atomic E-state index is 13.3. The monoisotopic (exact) mass is 521 g/mol. The summed E-state index contributed by atoms with van der Waals surface area (Å²) in [5, 5.41) is 15.5. The molecule has 0 bridgehead atoms. The Balaban J connectivity index is 1.78. The van der Waals surface area contributed by atoms with Crippen molar-refractivity contribution in [3.63, 3.8) is 0 Å². The van der Waals surface area contributed by atoms with Gasteiger partial charge in [-0.3, -0.25) is 9.52 Å². The van der Waals surface area contributed by atoms with Crippen LogP contribution in [0, 0.1) is 12.8 Å². The molecule has 5 nitrogen and oxygen atoms in total. The number of hydrogen-bond donors (Lipinski definition) is 3. The number of aromatic nitrogens is 1. The summed E-state index contributed by atoms with van der Waals surface area (Å²) in [6.45, 7) is 13.1. The lowest BCUT2D eigenvalue weighted by atomic mass is 9.89. The van der Waals surface area contributed by atoms with E-state index in [4.69, 9.17) is 0 Å². The second kappa shape index (κ2) is 11.2. The molecule has 1 heterocycles. The Morgan fingerprint density at radius 3 is 2.35 bits per heavy atom. The first-order valence-corrected chi connectivity index (χ1v) is 14.4. The molecule has 3 N–H and O–H groups in total. The number of nitrogens with zero attached hydrogens (tertiary/aromatic N) is 1. The summed E-state index contributed by atoms with van der Waals surface area (Å²) in [5.41, 5.74) is 2.96. The van der Waals surface area contributed by atoms with E-state index in [0.29, 0.717) is 11.5 Å². The van der Waals surface area contributed by atoms with E-state index < -0.39 is 5.60 Å². The third-order valence-electron chi connectivity index (χ3n) is 7.09. The van der Waals surface area contributed by atoms with E-state index in [2.05, 4.69) is 84.8 Å². The predicted octanol–water partition coefficient (Wildman–Crippen LogP) is 7.09. The van der Waals surface area contributed by atoms with Gasteiger partial charge in [-0.1, -0.05) is 49.6 Å². The van der Waals surface area contributed by atoms with Crippen molar-refractivity contribution in [2.24, 2.45) is 5.92 Å². The minimum absolute atomic E-state index is 0.00163. The Kier molecular flexibility index (Phi) is 8.41. The van der Waals surface area contributed by atoms with Gasteiger partial charge in [-0.25, -0.2) is 0 Å². The normalized spacial score (nSPS) is 15.3. The number of carbonyl (C=O) groups is 1. The van der Waals surface area contributed by atoms with E-state index in [1.54, 1.807) is 25.8 Å². The third kappa shape index (κ3) is 6.98. The fourth-order valence-corrected chi connectivity index (χ4v) is 5.99. The molecule has 1 fully saturated rings. The number of aliphatic hydroxyl groups is 1. The maximum atomic E-state index is 13.3. The predicted molar refractivity (Wildman–Crippen MR) is 156 cm³/mol. The number of amides is 1. The van der Waals surface area contributed by atoms with Crippen LogP contribution < -0.4 is 10.0 Å². The maximum Gasteiger partial charge on any atom is 0.253 e. The van der Waals surface area contributed by atoms with E-state index in [1.807, 2.05) is 0 Å². The zero-order chi connectivity index (χ0) is 26.8. The van der Waals surface area contributed by atoms with Gasteiger partial charge in [0, 0.05) is 40.5 Å². The largest absolute Gasteiger partial charge is 0.389 e. The summed E-state index contributed by atoms with van der Waals surface area (Å²) in [6, 6.07) is 15.0. The zero-order valence-electron chi connectivity index (χ0n) is 23.3. The van der Waals surface area contributed by atoms with Gasteiger partial charge < -0.3 is 15.0 Å². The molecule has 6 heteroatoms. The summed E-state index contributed by atoms with van der Waals surface area (Å²) < 4.78 is 5.92. The lowest BCUT2D eigenvalue weighted by Crippen LogP contribution is -2.38. The van der Waals surface area contributed by atoms with E-state index >= 15 is 0 Å². The summed E-state index contributed by atoms with van der Waals surface area (Å²) in [6.07, 6.45) is 6.38. The first-order chi connectivity index (χ1) is 17.4. The smallest absolute Gasteiger partial charge is 0.253 e. The van der Waals surface area contributed by atoms with E-state index in [0.717, 1.165) is 23.5 Å². The molecule has 1 saturated carbocycles. The highest BCUT2D eigenvalue weighted by molar-refractivity contribution is 7.97. The van der Waals surface area contributed by atoms with Gasteiger partial charge in [0.2, 0.25) is 0 Å². The number of hydrogen-bond acceptors (Lipinski definition) is 4. The first-order valence-electron chi connectivity index (χ1n) is 13.6. The first kappa shape index (κ1) is 27.7. The van der Waals surface area contributed by atoms with Crippen LogP contribution in [0.4, 0.5) is 0 Å². The van der Waals surface area contributed by atoms with Crippen molar-refractivity contribution in [2.45, 2.75) is 96.2 Å². The highest BCUT2D eigenvalue weighted by atomic mass is 32.2. The fourth-order valence-electron chi connectivity index (χ4n) is 5.15. The van der Waals surface area contributed by atoms with Crippen LogP contribution in [0.5, 0.6) is 0 Å². The lowest BCUT2D eigenvalue weighted by molar-refractivity contribution is 0.0694. The van der Waals surface area contributed by atoms with Crippen LogP contribution in [0.2, 0.25) is 0 Å². The van der Waals surface area contributed by atoms with Crippen LogP contribution in [0.1, 0.15) is 82.8 Å². The fraction of sp³-hybridized carbons (Fsp3) is 0.516. The molecule has 37 heavy (non-hydrogen) atoms. The van der Waals surface area contributed by atoms with Crippen LogP contribution >= 0.6 is 11.9 Å². The molecular formula is C31H43N3O2S. The van der Waals surface area contributed by atoms with Crippen LogP contribution in [-0.4, -0.2) is 33.3 Å². The van der Waals surface area contributed by atoms with Crippen LogP contribution in [0.25, 0.3) is 22.0 Å². The van der Waals surface area contributed by atoms with E-state index in [9.17, 15) is 9.90 Å². The molecular weight excluding hydrogens is 478 g/mol. The molecule has 1 aliphatic rings. The Hall–Kier alpha value is -2.28. The molecule has 1 aromatic heterocycles. The highest BCUT2D eigenvalue weighted by Gasteiger charge is 2.24. The summed E-state index contributed by atoms with van der Waals surface area (Å²) in [4.78, 5) is 14.4. The van der Waals surface area contributed by atoms with Gasteiger partial charge in [-0.15, -0.1) is 0 Å². The van der Waals surface area contributed by atoms with Crippen molar-refractivity contribution in [2.75, 3.05) is 6.54 Å². The summed E-state index contributed by atoms with van der Waals surface area (Å²) in [5.74, 6) is 0.497. The Morgan fingerprint density at radius 2 is 1.70 bits per heavy atom. The molecule has 0 aliphatic heterocycles. The molecule has 3 aromatic rings. The van der Waals surface area contributed by atoms with Crippen molar-refractivity contribution in [3.05, 3.63) is 53.7 Å². The lowest BCUT2D eigenvalue weighted by Gasteiger charge is -2.25. The van der Waals surface area contributed by atoms with E-state index in [-0.39, 0.29) is 18.0 Å². The topological polar surface area (TPSA) is 66.3 Å². The van der Waals surface area contributed by atoms with Gasteiger partial charge in [-0.2, -0.15) is 0 Å². The third-order valence-corrected chi connectivity index (χ3v) is 8.38. The Labute approximate surface area is 226 Å². The summed E-state index contributed by atoms with van der Waals surface area (Å²) >= 11 is 1.67. The Morgan fingerprint density at radius 1 is 1.03 bits per heavy atom. The Bertz CT molecular complexity index is 1240. The average Bonchev–Trinajstić information content (AvgIpc) is 3.16. The van der Waals surface area contributed by atoms with Gasteiger partial charge >= 0.3 is 0 Å². The highest BCUT2D eigenvalue weighted by Crippen LogP contribution is 2.38. The summed E-state index contributed by atoms with van der Waals surface area (Å²) in [7, 11) is 0. The quantitative estimate of drug-likeness (QED) is 0.277. The van der Waals surface area contributed by atoms with Crippen molar-refractivity contribution in [3.8, 4) is 11.3 Å². The van der Waals surface area contributed by atoms with Gasteiger partial charge in [0.25, 0.3) is 5.91 Å². The van der Waals surface area contributed by atoms with Crippen molar-refractivity contribution in [1.82, 2.24) is 14.6 Å². The molecule has 0 saturated heterocycles. The van der Waals surface area contributed by atoms with Gasteiger partial charge in [0.1, 0.15) is 0 Å².